The number of nitrogens with one attached hydrogen (secondary N) is 2. The van der Waals surface area contributed by atoms with Gasteiger partial charge in [-0.1, -0.05) is 18.2 Å². The predicted octanol–water partition coefficient (Wildman–Crippen LogP) is 6.10. The van der Waals surface area contributed by atoms with Gasteiger partial charge in [-0.2, -0.15) is 0 Å². The fourth-order valence-corrected chi connectivity index (χ4v) is 4.06. The maximum Gasteiger partial charge on any atom is 0.266 e. The molecule has 0 unspecified atom stereocenters. The zero-order valence-electron chi connectivity index (χ0n) is 19.2. The van der Waals surface area contributed by atoms with Crippen molar-refractivity contribution in [1.82, 2.24) is 9.55 Å². The van der Waals surface area contributed by atoms with E-state index in [9.17, 15) is 9.59 Å². The van der Waals surface area contributed by atoms with Crippen molar-refractivity contribution in [2.45, 2.75) is 0 Å². The Morgan fingerprint density at radius 1 is 0.861 bits per heavy atom. The SMILES string of the molecule is COc1ccc(-n2c(=S)[nH]c3cc(C(=O)Nc4ccc(Oc5ccccc5)cc4)ccc3c2=O)cc1. The monoisotopic (exact) mass is 495 g/mol. The van der Waals surface area contributed by atoms with Crippen LogP contribution >= 0.6 is 12.2 Å². The van der Waals surface area contributed by atoms with Gasteiger partial charge < -0.3 is 19.8 Å². The summed E-state index contributed by atoms with van der Waals surface area (Å²) in [6.45, 7) is 0. The number of nitrogens with zero attached hydrogens (tertiary/aromatic N) is 1. The first-order valence-corrected chi connectivity index (χ1v) is 11.5. The van der Waals surface area contributed by atoms with Gasteiger partial charge in [-0.05, 0) is 91.1 Å². The number of benzene rings is 4. The Hall–Kier alpha value is -4.69. The van der Waals surface area contributed by atoms with Crippen LogP contribution in [0, 0.1) is 4.77 Å². The molecule has 0 saturated heterocycles. The van der Waals surface area contributed by atoms with E-state index in [2.05, 4.69) is 10.3 Å². The molecule has 0 spiro atoms. The van der Waals surface area contributed by atoms with Crippen LogP contribution < -0.4 is 20.3 Å². The summed E-state index contributed by atoms with van der Waals surface area (Å²) in [5, 5.41) is 3.28. The van der Waals surface area contributed by atoms with Crippen LogP contribution in [0.15, 0.2) is 102 Å². The quantitative estimate of drug-likeness (QED) is 0.278. The van der Waals surface area contributed by atoms with Crippen molar-refractivity contribution in [3.63, 3.8) is 0 Å². The Labute approximate surface area is 211 Å². The van der Waals surface area contributed by atoms with E-state index in [0.717, 1.165) is 5.75 Å². The van der Waals surface area contributed by atoms with Crippen LogP contribution in [0.3, 0.4) is 0 Å². The minimum absolute atomic E-state index is 0.226. The van der Waals surface area contributed by atoms with Gasteiger partial charge in [0, 0.05) is 11.3 Å². The number of methoxy groups -OCH3 is 1. The number of para-hydroxylation sites is 1. The van der Waals surface area contributed by atoms with Crippen molar-refractivity contribution in [1.29, 1.82) is 0 Å². The molecule has 1 aromatic heterocycles. The van der Waals surface area contributed by atoms with Crippen molar-refractivity contribution in [2.75, 3.05) is 12.4 Å². The first kappa shape index (κ1) is 23.1. The van der Waals surface area contributed by atoms with Crippen LogP contribution in [0.5, 0.6) is 17.2 Å². The summed E-state index contributed by atoms with van der Waals surface area (Å²) >= 11 is 5.45. The summed E-state index contributed by atoms with van der Waals surface area (Å²) in [5.41, 5.74) is 1.82. The lowest BCUT2D eigenvalue weighted by molar-refractivity contribution is 0.102. The average molecular weight is 496 g/mol. The van der Waals surface area contributed by atoms with Crippen molar-refractivity contribution in [2.24, 2.45) is 0 Å². The molecule has 0 radical (unpaired) electrons. The summed E-state index contributed by atoms with van der Waals surface area (Å²) in [4.78, 5) is 29.1. The molecule has 1 amide bonds. The summed E-state index contributed by atoms with van der Waals surface area (Å²) in [7, 11) is 1.58. The number of carbonyl (C=O) groups is 1. The molecule has 2 N–H and O–H groups in total. The number of ether oxygens (including phenoxy) is 2. The molecule has 5 rings (SSSR count). The Morgan fingerprint density at radius 2 is 1.53 bits per heavy atom. The number of amides is 1. The Morgan fingerprint density at radius 3 is 2.22 bits per heavy atom. The van der Waals surface area contributed by atoms with Crippen LogP contribution in [0.25, 0.3) is 16.6 Å². The lowest BCUT2D eigenvalue weighted by Gasteiger charge is -2.11. The molecule has 0 aliphatic carbocycles. The normalized spacial score (nSPS) is 10.7. The molecule has 0 bridgehead atoms. The maximum absolute atomic E-state index is 13.2. The topological polar surface area (TPSA) is 85.3 Å². The third-order valence-electron chi connectivity index (χ3n) is 5.58. The fourth-order valence-electron chi connectivity index (χ4n) is 3.76. The predicted molar refractivity (Wildman–Crippen MR) is 142 cm³/mol. The molecule has 0 saturated carbocycles. The van der Waals surface area contributed by atoms with Gasteiger partial charge in [0.05, 0.1) is 23.7 Å². The standard InChI is InChI=1S/C28H21N3O4S/c1-34-21-14-10-20(11-15-21)31-27(33)24-16-7-18(17-25(24)30-28(31)36)26(32)29-19-8-12-23(13-9-19)35-22-5-3-2-4-6-22/h2-17H,1H3,(H,29,32)(H,30,36). The largest absolute Gasteiger partial charge is 0.497 e. The first-order valence-electron chi connectivity index (χ1n) is 11.1. The number of anilines is 1. The van der Waals surface area contributed by atoms with Gasteiger partial charge in [0.15, 0.2) is 4.77 Å². The second kappa shape index (κ2) is 9.89. The number of hydrogen-bond acceptors (Lipinski definition) is 5. The molecule has 1 heterocycles. The highest BCUT2D eigenvalue weighted by molar-refractivity contribution is 7.71. The minimum Gasteiger partial charge on any atom is -0.497 e. The highest BCUT2D eigenvalue weighted by atomic mass is 32.1. The van der Waals surface area contributed by atoms with Gasteiger partial charge in [0.2, 0.25) is 0 Å². The highest BCUT2D eigenvalue weighted by Crippen LogP contribution is 2.23. The third kappa shape index (κ3) is 4.75. The molecule has 8 heteroatoms. The Bertz CT molecular complexity index is 1660. The summed E-state index contributed by atoms with van der Waals surface area (Å²) < 4.78 is 12.6. The third-order valence-corrected chi connectivity index (χ3v) is 5.87. The van der Waals surface area contributed by atoms with Crippen LogP contribution in [0.4, 0.5) is 5.69 Å². The van der Waals surface area contributed by atoms with Gasteiger partial charge >= 0.3 is 0 Å². The van der Waals surface area contributed by atoms with E-state index in [1.54, 1.807) is 73.8 Å². The van der Waals surface area contributed by atoms with Gasteiger partial charge in [0.1, 0.15) is 17.2 Å². The molecule has 0 atom stereocenters. The zero-order valence-corrected chi connectivity index (χ0v) is 20.0. The van der Waals surface area contributed by atoms with Crippen LogP contribution in [0.1, 0.15) is 10.4 Å². The number of rotatable bonds is 6. The van der Waals surface area contributed by atoms with E-state index >= 15 is 0 Å². The lowest BCUT2D eigenvalue weighted by Crippen LogP contribution is -2.21. The molecule has 7 nitrogen and oxygen atoms in total. The second-order valence-corrected chi connectivity index (χ2v) is 8.31. The van der Waals surface area contributed by atoms with E-state index in [-0.39, 0.29) is 16.2 Å². The van der Waals surface area contributed by atoms with Gasteiger partial charge in [-0.15, -0.1) is 0 Å². The van der Waals surface area contributed by atoms with Crippen molar-refractivity contribution >= 4 is 34.7 Å². The number of fused-ring (bicyclic) bond motifs is 1. The zero-order chi connectivity index (χ0) is 25.1. The second-order valence-electron chi connectivity index (χ2n) is 7.92. The molecule has 0 fully saturated rings. The first-order chi connectivity index (χ1) is 17.5. The summed E-state index contributed by atoms with van der Waals surface area (Å²) in [6.07, 6.45) is 0. The smallest absolute Gasteiger partial charge is 0.266 e. The van der Waals surface area contributed by atoms with Crippen LogP contribution in [-0.2, 0) is 0 Å². The Balaban J connectivity index is 1.37. The van der Waals surface area contributed by atoms with Gasteiger partial charge in [0.25, 0.3) is 11.5 Å². The van der Waals surface area contributed by atoms with E-state index < -0.39 is 0 Å². The highest BCUT2D eigenvalue weighted by Gasteiger charge is 2.12. The molecule has 36 heavy (non-hydrogen) atoms. The minimum atomic E-state index is -0.313. The van der Waals surface area contributed by atoms with Crippen molar-refractivity contribution in [3.8, 4) is 22.9 Å². The van der Waals surface area contributed by atoms with Crippen molar-refractivity contribution in [3.05, 3.63) is 118 Å². The van der Waals surface area contributed by atoms with Gasteiger partial charge in [-0.25, -0.2) is 0 Å². The van der Waals surface area contributed by atoms with Crippen molar-refractivity contribution < 1.29 is 14.3 Å². The molecule has 0 aliphatic heterocycles. The Kier molecular flexibility index (Phi) is 6.34. The van der Waals surface area contributed by atoms with E-state index in [4.69, 9.17) is 21.7 Å². The van der Waals surface area contributed by atoms with Gasteiger partial charge in [-0.3, -0.25) is 14.2 Å². The molecule has 4 aromatic carbocycles. The van der Waals surface area contributed by atoms with Crippen LogP contribution in [-0.4, -0.2) is 22.6 Å². The fraction of sp³-hybridized carbons (Fsp3) is 0.0357. The summed E-state index contributed by atoms with van der Waals surface area (Å²) in [5.74, 6) is 1.75. The number of aromatic amines is 1. The number of H-pyrrole nitrogens is 1. The van der Waals surface area contributed by atoms with E-state index in [1.165, 1.54) is 4.57 Å². The van der Waals surface area contributed by atoms with Crippen LogP contribution in [0.2, 0.25) is 0 Å². The molecular formula is C28H21N3O4S. The molecule has 0 aliphatic rings. The lowest BCUT2D eigenvalue weighted by atomic mass is 10.1. The maximum atomic E-state index is 13.2. The molecule has 5 aromatic rings. The van der Waals surface area contributed by atoms with E-state index in [1.807, 2.05) is 30.3 Å². The number of hydrogen-bond donors (Lipinski definition) is 2. The number of carbonyl (C=O) groups excluding carboxylic acids is 1. The average Bonchev–Trinajstić information content (AvgIpc) is 2.90. The summed E-state index contributed by atoms with van der Waals surface area (Å²) in [6, 6.07) is 28.4. The molecular weight excluding hydrogens is 474 g/mol. The molecule has 178 valence electrons. The number of aromatic nitrogens is 2. The van der Waals surface area contributed by atoms with E-state index in [0.29, 0.717) is 39.3 Å².